The molecule has 0 radical (unpaired) electrons. The Morgan fingerprint density at radius 2 is 1.30 bits per heavy atom. The van der Waals surface area contributed by atoms with Gasteiger partial charge < -0.3 is 0 Å². The summed E-state index contributed by atoms with van der Waals surface area (Å²) in [6, 6.07) is 15.1. The highest BCUT2D eigenvalue weighted by molar-refractivity contribution is 6.08. The van der Waals surface area contributed by atoms with E-state index in [0.29, 0.717) is 0 Å². The summed E-state index contributed by atoms with van der Waals surface area (Å²) in [5.74, 6) is -0.156. The first kappa shape index (κ1) is 16.1. The number of imide groups is 1. The van der Waals surface area contributed by atoms with Gasteiger partial charge in [-0.15, -0.1) is 0 Å². The third kappa shape index (κ3) is 2.10. The smallest absolute Gasteiger partial charge is 0.300 e. The molecule has 3 aliphatic rings. The van der Waals surface area contributed by atoms with Gasteiger partial charge in [0.25, 0.3) is 5.91 Å². The van der Waals surface area contributed by atoms with E-state index in [4.69, 9.17) is 0 Å². The highest BCUT2D eigenvalue weighted by Gasteiger charge is 2.56. The molecule has 2 atom stereocenters. The molecule has 3 amide bonds. The Kier molecular flexibility index (Phi) is 3.23. The molecule has 2 aromatic carbocycles. The van der Waals surface area contributed by atoms with Gasteiger partial charge in [-0.25, -0.2) is 4.79 Å². The van der Waals surface area contributed by atoms with Gasteiger partial charge in [0.2, 0.25) is 0 Å². The summed E-state index contributed by atoms with van der Waals surface area (Å²) in [5, 5.41) is 0. The van der Waals surface area contributed by atoms with Crippen LogP contribution in [0.2, 0.25) is 0 Å². The minimum Gasteiger partial charge on any atom is -0.300 e. The van der Waals surface area contributed by atoms with Crippen LogP contribution >= 0.6 is 0 Å². The van der Waals surface area contributed by atoms with Crippen molar-refractivity contribution in [3.8, 4) is 0 Å². The second kappa shape index (κ2) is 5.43. The van der Waals surface area contributed by atoms with Crippen LogP contribution in [0.15, 0.2) is 60.7 Å². The van der Waals surface area contributed by atoms with E-state index in [9.17, 15) is 9.59 Å². The molecular weight excluding hydrogens is 336 g/mol. The lowest BCUT2D eigenvalue weighted by Crippen LogP contribution is -2.45. The molecule has 2 aliphatic carbocycles. The van der Waals surface area contributed by atoms with Gasteiger partial charge in [0.15, 0.2) is 0 Å². The lowest BCUT2D eigenvalue weighted by molar-refractivity contribution is -0.133. The lowest BCUT2D eigenvalue weighted by Gasteiger charge is -2.33. The van der Waals surface area contributed by atoms with Crippen LogP contribution in [0.3, 0.4) is 0 Å². The maximum Gasteiger partial charge on any atom is 0.329 e. The summed E-state index contributed by atoms with van der Waals surface area (Å²) in [4.78, 5) is 30.0. The predicted octanol–water partition coefficient (Wildman–Crippen LogP) is 4.57. The predicted molar refractivity (Wildman–Crippen MR) is 105 cm³/mol. The molecule has 2 aromatic rings. The van der Waals surface area contributed by atoms with Gasteiger partial charge >= 0.3 is 6.03 Å². The first-order chi connectivity index (χ1) is 13.0. The van der Waals surface area contributed by atoms with E-state index < -0.39 is 5.54 Å². The van der Waals surface area contributed by atoms with E-state index in [2.05, 4.69) is 0 Å². The summed E-state index contributed by atoms with van der Waals surface area (Å²) in [6.45, 7) is 3.68. The molecule has 2 unspecified atom stereocenters. The molecule has 27 heavy (non-hydrogen) atoms. The van der Waals surface area contributed by atoms with E-state index >= 15 is 0 Å². The topological polar surface area (TPSA) is 40.6 Å². The van der Waals surface area contributed by atoms with E-state index in [1.54, 1.807) is 4.90 Å². The number of carbonyl (C=O) groups excluding carboxylic acids is 2. The number of rotatable bonds is 2. The van der Waals surface area contributed by atoms with Crippen LogP contribution in [-0.4, -0.2) is 27.3 Å². The largest absolute Gasteiger partial charge is 0.329 e. The molecule has 1 heterocycles. The molecule has 1 aliphatic heterocycles. The molecule has 0 bridgehead atoms. The quantitative estimate of drug-likeness (QED) is 0.740. The Morgan fingerprint density at radius 3 is 1.93 bits per heavy atom. The summed E-state index contributed by atoms with van der Waals surface area (Å²) >= 11 is 0. The average Bonchev–Trinajstić information content (AvgIpc) is 3.31. The molecule has 1 saturated heterocycles. The zero-order valence-corrected chi connectivity index (χ0v) is 15.3. The van der Waals surface area contributed by atoms with Crippen molar-refractivity contribution in [2.24, 2.45) is 0 Å². The van der Waals surface area contributed by atoms with Crippen LogP contribution in [0, 0.1) is 0 Å². The molecule has 5 rings (SSSR count). The van der Waals surface area contributed by atoms with Crippen molar-refractivity contribution in [3.63, 3.8) is 0 Å². The number of urea groups is 1. The molecule has 4 nitrogen and oxygen atoms in total. The van der Waals surface area contributed by atoms with Gasteiger partial charge in [-0.05, 0) is 36.1 Å². The van der Waals surface area contributed by atoms with Gasteiger partial charge in [-0.3, -0.25) is 14.6 Å². The van der Waals surface area contributed by atoms with E-state index in [1.165, 1.54) is 4.90 Å². The number of carbonyl (C=O) groups is 2. The Hall–Kier alpha value is -3.14. The van der Waals surface area contributed by atoms with Crippen LogP contribution in [0.25, 0.3) is 12.2 Å². The molecule has 1 fully saturated rings. The number of hydrogen-bond donors (Lipinski definition) is 0. The number of hydrogen-bond acceptors (Lipinski definition) is 2. The molecule has 4 heteroatoms. The van der Waals surface area contributed by atoms with Crippen molar-refractivity contribution in [1.82, 2.24) is 9.80 Å². The fraction of sp³-hybridized carbons (Fsp3) is 0.217. The van der Waals surface area contributed by atoms with Crippen LogP contribution in [0.1, 0.15) is 48.2 Å². The molecule has 0 N–H and O–H groups in total. The average molecular weight is 356 g/mol. The Balaban J connectivity index is 1.57. The molecule has 0 saturated carbocycles. The second-order valence-electron chi connectivity index (χ2n) is 7.75. The van der Waals surface area contributed by atoms with Crippen molar-refractivity contribution in [3.05, 3.63) is 82.9 Å². The first-order valence-corrected chi connectivity index (χ1v) is 9.21. The summed E-state index contributed by atoms with van der Waals surface area (Å²) in [7, 11) is 0. The zero-order chi connectivity index (χ0) is 18.8. The van der Waals surface area contributed by atoms with Gasteiger partial charge in [0.05, 0.1) is 12.1 Å². The molecule has 0 spiro atoms. The first-order valence-electron chi connectivity index (χ1n) is 9.21. The van der Waals surface area contributed by atoms with Gasteiger partial charge in [-0.2, -0.15) is 0 Å². The van der Waals surface area contributed by atoms with Crippen molar-refractivity contribution >= 4 is 24.1 Å². The van der Waals surface area contributed by atoms with E-state index in [1.807, 2.05) is 86.7 Å². The molecule has 134 valence electrons. The third-order valence-electron chi connectivity index (χ3n) is 5.86. The van der Waals surface area contributed by atoms with E-state index in [-0.39, 0.29) is 24.0 Å². The van der Waals surface area contributed by atoms with Crippen molar-refractivity contribution in [2.75, 3.05) is 0 Å². The number of fused-ring (bicyclic) bond motifs is 2. The Morgan fingerprint density at radius 1 is 0.778 bits per heavy atom. The maximum atomic E-state index is 13.5. The van der Waals surface area contributed by atoms with Crippen LogP contribution in [-0.2, 0) is 4.79 Å². The number of nitrogens with zero attached hydrogens (tertiary/aromatic N) is 2. The number of benzene rings is 2. The van der Waals surface area contributed by atoms with E-state index in [0.717, 1.165) is 22.3 Å². The van der Waals surface area contributed by atoms with Gasteiger partial charge in [0, 0.05) is 0 Å². The summed E-state index contributed by atoms with van der Waals surface area (Å²) in [6.07, 6.45) is 7.97. The Labute approximate surface area is 158 Å². The molecular formula is C23H20N2O2. The SMILES string of the molecule is CC1(C)C(=O)N(C2C=Cc3ccccc32)C(=O)N1C1C=Cc2ccccc21. The van der Waals surface area contributed by atoms with Crippen LogP contribution in [0.4, 0.5) is 4.79 Å². The minimum absolute atomic E-state index is 0.156. The highest BCUT2D eigenvalue weighted by Crippen LogP contribution is 2.45. The zero-order valence-electron chi connectivity index (χ0n) is 15.3. The number of amides is 3. The van der Waals surface area contributed by atoms with Gasteiger partial charge in [-0.1, -0.05) is 72.8 Å². The monoisotopic (exact) mass is 356 g/mol. The van der Waals surface area contributed by atoms with Crippen molar-refractivity contribution < 1.29 is 9.59 Å². The fourth-order valence-electron chi connectivity index (χ4n) is 4.46. The van der Waals surface area contributed by atoms with Gasteiger partial charge in [0.1, 0.15) is 5.54 Å². The summed E-state index contributed by atoms with van der Waals surface area (Å²) < 4.78 is 0. The third-order valence-corrected chi connectivity index (χ3v) is 5.86. The Bertz CT molecular complexity index is 1030. The summed E-state index contributed by atoms with van der Waals surface area (Å²) in [5.41, 5.74) is 3.32. The second-order valence-corrected chi connectivity index (χ2v) is 7.75. The minimum atomic E-state index is -0.908. The normalized spacial score (nSPS) is 24.7. The lowest BCUT2D eigenvalue weighted by atomic mass is 9.98. The fourth-order valence-corrected chi connectivity index (χ4v) is 4.46. The van der Waals surface area contributed by atoms with Crippen LogP contribution in [0.5, 0.6) is 0 Å². The molecule has 0 aromatic heterocycles. The van der Waals surface area contributed by atoms with Crippen molar-refractivity contribution in [2.45, 2.75) is 31.5 Å². The van der Waals surface area contributed by atoms with Crippen molar-refractivity contribution in [1.29, 1.82) is 0 Å². The maximum absolute atomic E-state index is 13.5. The standard InChI is InChI=1S/C23H20N2O2/c1-23(2)21(26)24(19-13-11-15-7-3-5-9-17(15)19)22(27)25(23)20-14-12-16-8-4-6-10-18(16)20/h3-14,19-20H,1-2H3. The van der Waals surface area contributed by atoms with Crippen LogP contribution < -0.4 is 0 Å². The highest BCUT2D eigenvalue weighted by atomic mass is 16.2.